The third kappa shape index (κ3) is 11.7. The third-order valence-corrected chi connectivity index (χ3v) is 16.5. The second-order valence-corrected chi connectivity index (χ2v) is 21.8. The smallest absolute Gasteiger partial charge is 0.338 e. The highest BCUT2D eigenvalue weighted by Crippen LogP contribution is 2.49. The maximum absolute atomic E-state index is 13.6. The number of benzene rings is 5. The summed E-state index contributed by atoms with van der Waals surface area (Å²) in [5.74, 6) is 0.601. The zero-order valence-corrected chi connectivity index (χ0v) is 49.0. The van der Waals surface area contributed by atoms with Crippen molar-refractivity contribution in [1.29, 1.82) is 0 Å². The summed E-state index contributed by atoms with van der Waals surface area (Å²) in [6.07, 6.45) is 8.42. The molecule has 9 aromatic rings. The summed E-state index contributed by atoms with van der Waals surface area (Å²) in [5.41, 5.74) is 9.36. The molecular weight excluding hydrogens is 1070 g/mol. The molecule has 438 valence electrons. The molecule has 4 unspecified atom stereocenters. The molecule has 2 saturated heterocycles. The first kappa shape index (κ1) is 58.9. The minimum Gasteiger partial charge on any atom is -0.451 e. The van der Waals surface area contributed by atoms with Gasteiger partial charge in [0.2, 0.25) is 11.9 Å². The average Bonchev–Trinajstić information content (AvgIpc) is 2.19. The summed E-state index contributed by atoms with van der Waals surface area (Å²) in [7, 11) is 0. The zero-order valence-electron chi connectivity index (χ0n) is 49.0. The second-order valence-electron chi connectivity index (χ2n) is 21.8. The van der Waals surface area contributed by atoms with E-state index in [-0.39, 0.29) is 30.0 Å². The SMILES string of the molecule is C=CCCNc1nc(N)nc2c1ncn2C1OC(CC)[C@@H](C)[C@@]1(C)OC(=O)c1ccccc1.C=CCCNc1nc(NC(c2ccccc2)(c2ccccc2)c2ccccc2)nc2c1ncn2C1OC(CC)[C@@H](C)[C@@]1(C)OC(=O)c1ccccc1. The van der Waals surface area contributed by atoms with Crippen molar-refractivity contribution in [3.8, 4) is 0 Å². The molecule has 0 radical (unpaired) electrons. The van der Waals surface area contributed by atoms with Gasteiger partial charge in [-0.25, -0.2) is 19.6 Å². The first-order chi connectivity index (χ1) is 41.3. The predicted octanol–water partition coefficient (Wildman–Crippen LogP) is 12.7. The van der Waals surface area contributed by atoms with Crippen molar-refractivity contribution in [3.05, 3.63) is 217 Å². The summed E-state index contributed by atoms with van der Waals surface area (Å²) in [6.45, 7) is 21.0. The lowest BCUT2D eigenvalue weighted by molar-refractivity contribution is -0.0949. The summed E-state index contributed by atoms with van der Waals surface area (Å²) >= 11 is 0. The number of imidazole rings is 2. The number of hydrogen-bond acceptors (Lipinski definition) is 16. The maximum atomic E-state index is 13.6. The molecule has 4 aromatic heterocycles. The van der Waals surface area contributed by atoms with Crippen LogP contribution in [-0.4, -0.2) is 87.5 Å². The van der Waals surface area contributed by atoms with Crippen molar-refractivity contribution >= 4 is 57.8 Å². The molecule has 0 saturated carbocycles. The fraction of sp³-hybridized carbons (Fsp3) is 0.313. The number of esters is 2. The lowest BCUT2D eigenvalue weighted by atomic mass is 9.77. The normalized spacial score (nSPS) is 21.8. The molecule has 5 aromatic carbocycles. The van der Waals surface area contributed by atoms with E-state index in [0.717, 1.165) is 42.4 Å². The molecule has 18 nitrogen and oxygen atoms in total. The molecule has 2 aliphatic heterocycles. The number of carbonyl (C=O) groups is 2. The molecule has 2 fully saturated rings. The number of anilines is 4. The van der Waals surface area contributed by atoms with Crippen LogP contribution in [0.25, 0.3) is 22.3 Å². The molecule has 8 atom stereocenters. The van der Waals surface area contributed by atoms with Gasteiger partial charge in [0.1, 0.15) is 5.54 Å². The molecular formula is C67H74N12O6. The Labute approximate surface area is 496 Å². The zero-order chi connectivity index (χ0) is 59.7. The monoisotopic (exact) mass is 1140 g/mol. The molecule has 85 heavy (non-hydrogen) atoms. The van der Waals surface area contributed by atoms with Crippen molar-refractivity contribution in [3.63, 3.8) is 0 Å². The maximum Gasteiger partial charge on any atom is 0.338 e. The molecule has 18 heteroatoms. The molecule has 0 amide bonds. The lowest BCUT2D eigenvalue weighted by Gasteiger charge is -2.37. The number of fused-ring (bicyclic) bond motifs is 2. The largest absolute Gasteiger partial charge is 0.451 e. The highest BCUT2D eigenvalue weighted by molar-refractivity contribution is 5.90. The Hall–Kier alpha value is -9.26. The van der Waals surface area contributed by atoms with Crippen LogP contribution in [0.3, 0.4) is 0 Å². The number of nitrogens with one attached hydrogen (secondary N) is 3. The molecule has 0 aliphatic carbocycles. The fourth-order valence-electron chi connectivity index (χ4n) is 11.6. The Morgan fingerprint density at radius 2 is 0.965 bits per heavy atom. The van der Waals surface area contributed by atoms with Crippen molar-refractivity contribution in [1.82, 2.24) is 39.0 Å². The van der Waals surface area contributed by atoms with Crippen LogP contribution in [0.15, 0.2) is 190 Å². The van der Waals surface area contributed by atoms with E-state index in [1.54, 1.807) is 41.5 Å². The van der Waals surface area contributed by atoms with E-state index in [2.05, 4.69) is 101 Å². The first-order valence-electron chi connectivity index (χ1n) is 29.0. The van der Waals surface area contributed by atoms with Crippen LogP contribution < -0.4 is 21.7 Å². The van der Waals surface area contributed by atoms with E-state index < -0.39 is 41.1 Å². The Kier molecular flexibility index (Phi) is 17.8. The van der Waals surface area contributed by atoms with Crippen LogP contribution in [-0.2, 0) is 24.5 Å². The summed E-state index contributed by atoms with van der Waals surface area (Å²) in [5, 5.41) is 10.5. The molecule has 0 spiro atoms. The van der Waals surface area contributed by atoms with Gasteiger partial charge >= 0.3 is 11.9 Å². The molecule has 2 aliphatic rings. The van der Waals surface area contributed by atoms with Gasteiger partial charge in [-0.05, 0) is 80.5 Å². The molecule has 5 N–H and O–H groups in total. The van der Waals surface area contributed by atoms with E-state index in [4.69, 9.17) is 39.6 Å². The van der Waals surface area contributed by atoms with E-state index in [0.29, 0.717) is 64.1 Å². The van der Waals surface area contributed by atoms with Crippen LogP contribution in [0.5, 0.6) is 0 Å². The Balaban J connectivity index is 0.000000209. The Bertz CT molecular complexity index is 3640. The quantitative estimate of drug-likeness (QED) is 0.0227. The average molecular weight is 1140 g/mol. The van der Waals surface area contributed by atoms with Gasteiger partial charge in [0.25, 0.3) is 0 Å². The summed E-state index contributed by atoms with van der Waals surface area (Å²) < 4.78 is 29.4. The summed E-state index contributed by atoms with van der Waals surface area (Å²) in [6, 6.07) is 49.0. The first-order valence-corrected chi connectivity index (χ1v) is 29.0. The van der Waals surface area contributed by atoms with E-state index >= 15 is 0 Å². The minimum atomic E-state index is -1.04. The number of nitrogens with two attached hydrogens (primary N) is 1. The van der Waals surface area contributed by atoms with Gasteiger partial charge in [0, 0.05) is 24.9 Å². The number of rotatable bonds is 21. The molecule has 11 rings (SSSR count). The fourth-order valence-corrected chi connectivity index (χ4v) is 11.6. The predicted molar refractivity (Wildman–Crippen MR) is 332 cm³/mol. The van der Waals surface area contributed by atoms with Crippen molar-refractivity contribution in [2.75, 3.05) is 34.8 Å². The Morgan fingerprint density at radius 3 is 1.35 bits per heavy atom. The van der Waals surface area contributed by atoms with E-state index in [1.165, 1.54) is 0 Å². The lowest BCUT2D eigenvalue weighted by Crippen LogP contribution is -2.43. The number of hydrogen-bond donors (Lipinski definition) is 4. The van der Waals surface area contributed by atoms with Gasteiger partial charge in [-0.1, -0.05) is 167 Å². The van der Waals surface area contributed by atoms with E-state index in [1.807, 2.05) is 128 Å². The van der Waals surface area contributed by atoms with Crippen molar-refractivity contribution in [2.45, 2.75) is 109 Å². The topological polar surface area (TPSA) is 220 Å². The minimum absolute atomic E-state index is 0.0676. The number of carbonyl (C=O) groups excluding carboxylic acids is 2. The van der Waals surface area contributed by atoms with Crippen LogP contribution in [0.4, 0.5) is 23.5 Å². The van der Waals surface area contributed by atoms with Gasteiger partial charge < -0.3 is 40.6 Å². The number of nitrogen functional groups attached to an aromatic ring is 1. The number of ether oxygens (including phenoxy) is 4. The van der Waals surface area contributed by atoms with Gasteiger partial charge in [0.15, 0.2) is 57.6 Å². The molecule has 6 heterocycles. The highest BCUT2D eigenvalue weighted by atomic mass is 16.6. The summed E-state index contributed by atoms with van der Waals surface area (Å²) in [4.78, 5) is 55.0. The Morgan fingerprint density at radius 1 is 0.588 bits per heavy atom. The van der Waals surface area contributed by atoms with Crippen molar-refractivity contribution in [2.24, 2.45) is 11.8 Å². The van der Waals surface area contributed by atoms with E-state index in [9.17, 15) is 9.59 Å². The van der Waals surface area contributed by atoms with Gasteiger partial charge in [-0.15, -0.1) is 13.2 Å². The molecule has 0 bridgehead atoms. The van der Waals surface area contributed by atoms with Crippen molar-refractivity contribution < 1.29 is 28.5 Å². The second kappa shape index (κ2) is 25.7. The number of aromatic nitrogens is 8. The van der Waals surface area contributed by atoms with Crippen LogP contribution in [0.1, 0.15) is 117 Å². The highest BCUT2D eigenvalue weighted by Gasteiger charge is 2.57. The van der Waals surface area contributed by atoms with Gasteiger partial charge in [-0.2, -0.15) is 19.9 Å². The van der Waals surface area contributed by atoms with Crippen LogP contribution >= 0.6 is 0 Å². The van der Waals surface area contributed by atoms with Gasteiger partial charge in [-0.3, -0.25) is 9.13 Å². The van der Waals surface area contributed by atoms with Gasteiger partial charge in [0.05, 0.1) is 36.0 Å². The van der Waals surface area contributed by atoms with Crippen LogP contribution in [0, 0.1) is 11.8 Å². The standard InChI is InChI=1S/C43H44N6O3.C24H30N6O3/c1-5-7-28-44-37-36-38(49(29-45-36)40-42(4,30(3)35(6-2)51-40)52-39(50)31-20-12-8-13-21-31)47-41(46-37)48-43(32-22-14-9-15-23-32,33-24-16-10-17-25-33)34-26-18-11-19-27-34;1-5-7-13-26-19-18-20(29-23(25)28-19)30(14-27-18)22-24(4,15(3)17(6-2)32-22)33-21(31)16-11-9-8-10-12-16/h5,8-27,29-30,35,40H,1,6-7,28H2,2-4H3,(H2,44,46,47,48);5,8-12,14-15,17,22H,1,6-7,13H2,2-4H3,(H3,25,26,28,29)/t30-,35?,40?,42-;15-,17?,22?,24-/m11/s1. The number of nitrogens with zero attached hydrogens (tertiary/aromatic N) is 8. The van der Waals surface area contributed by atoms with Crippen LogP contribution in [0.2, 0.25) is 0 Å². The third-order valence-electron chi connectivity index (χ3n) is 16.5.